The highest BCUT2D eigenvalue weighted by atomic mass is 32.2. The van der Waals surface area contributed by atoms with Gasteiger partial charge in [-0.25, -0.2) is 27.0 Å². The first-order chi connectivity index (χ1) is 19.2. The first kappa shape index (κ1) is 27.7. The van der Waals surface area contributed by atoms with Gasteiger partial charge in [0.05, 0.1) is 29.0 Å². The smallest absolute Gasteiger partial charge is 0.409 e. The Bertz CT molecular complexity index is 1630. The summed E-state index contributed by atoms with van der Waals surface area (Å²) in [5.74, 6) is -1.72. The number of hydrogen-bond acceptors (Lipinski definition) is 8. The second kappa shape index (κ2) is 11.3. The molecular weight excluding hydrogens is 566 g/mol. The van der Waals surface area contributed by atoms with Crippen molar-refractivity contribution in [2.75, 3.05) is 37.7 Å². The Morgan fingerprint density at radius 2 is 1.82 bits per heavy atom. The lowest BCUT2D eigenvalue weighted by atomic mass is 10.2. The van der Waals surface area contributed by atoms with Gasteiger partial charge < -0.3 is 14.1 Å². The zero-order chi connectivity index (χ0) is 28.4. The number of sulfonamides is 1. The number of fused-ring (bicyclic) bond motifs is 1. The molecule has 210 valence electrons. The predicted molar refractivity (Wildman–Crippen MR) is 143 cm³/mol. The summed E-state index contributed by atoms with van der Waals surface area (Å²) in [7, 11) is -3.88. The summed E-state index contributed by atoms with van der Waals surface area (Å²) in [5, 5.41) is 0.122. The van der Waals surface area contributed by atoms with Crippen molar-refractivity contribution in [3.63, 3.8) is 0 Å². The number of amides is 2. The standard InChI is InChI=1S/C26H24F2N4O6S2/c1-2-37-26(34)30-9-11-31(12-10-30)40(35,36)20-7-5-17(6-8-20)24(33)32(16-19-4-3-13-38-19)25-29-23-21(28)14-18(27)15-22(23)39-25/h3-8,13-15H,2,9-12,16H2,1H3. The van der Waals surface area contributed by atoms with Gasteiger partial charge in [0.2, 0.25) is 10.0 Å². The molecule has 14 heteroatoms. The molecule has 2 aromatic carbocycles. The van der Waals surface area contributed by atoms with Crippen LogP contribution in [0, 0.1) is 11.6 Å². The fourth-order valence-corrected chi connectivity index (χ4v) is 6.67. The number of carbonyl (C=O) groups is 2. The van der Waals surface area contributed by atoms with E-state index in [-0.39, 0.29) is 65.1 Å². The Kier molecular flexibility index (Phi) is 7.83. The average Bonchev–Trinajstić information content (AvgIpc) is 3.62. The van der Waals surface area contributed by atoms with Crippen LogP contribution in [0.5, 0.6) is 0 Å². The van der Waals surface area contributed by atoms with E-state index in [1.165, 1.54) is 44.6 Å². The molecule has 1 aliphatic heterocycles. The number of anilines is 1. The van der Waals surface area contributed by atoms with Crippen LogP contribution in [0.15, 0.2) is 64.1 Å². The molecule has 10 nitrogen and oxygen atoms in total. The van der Waals surface area contributed by atoms with Crippen molar-refractivity contribution in [3.8, 4) is 0 Å². The lowest BCUT2D eigenvalue weighted by Gasteiger charge is -2.33. The molecule has 40 heavy (non-hydrogen) atoms. The molecule has 0 atom stereocenters. The minimum absolute atomic E-state index is 0.0104. The van der Waals surface area contributed by atoms with Crippen LogP contribution in [0.2, 0.25) is 0 Å². The zero-order valence-electron chi connectivity index (χ0n) is 21.2. The van der Waals surface area contributed by atoms with Gasteiger partial charge in [0.15, 0.2) is 10.9 Å². The number of aromatic nitrogens is 1. The Morgan fingerprint density at radius 3 is 2.48 bits per heavy atom. The van der Waals surface area contributed by atoms with E-state index in [4.69, 9.17) is 9.15 Å². The number of halogens is 2. The van der Waals surface area contributed by atoms with Crippen LogP contribution >= 0.6 is 11.3 Å². The van der Waals surface area contributed by atoms with Gasteiger partial charge in [-0.05, 0) is 49.4 Å². The van der Waals surface area contributed by atoms with Crippen LogP contribution in [0.3, 0.4) is 0 Å². The number of ether oxygens (including phenoxy) is 1. The summed E-state index contributed by atoms with van der Waals surface area (Å²) >= 11 is 0.943. The summed E-state index contributed by atoms with van der Waals surface area (Å²) < 4.78 is 66.4. The van der Waals surface area contributed by atoms with Crippen molar-refractivity contribution in [1.82, 2.24) is 14.2 Å². The average molecular weight is 591 g/mol. The van der Waals surface area contributed by atoms with Gasteiger partial charge in [0.25, 0.3) is 5.91 Å². The van der Waals surface area contributed by atoms with Crippen molar-refractivity contribution in [3.05, 3.63) is 77.8 Å². The van der Waals surface area contributed by atoms with Crippen molar-refractivity contribution >= 4 is 48.7 Å². The Labute approximate surface area is 232 Å². The third kappa shape index (κ3) is 5.55. The molecule has 4 aromatic rings. The van der Waals surface area contributed by atoms with Crippen LogP contribution in [0.1, 0.15) is 23.0 Å². The highest BCUT2D eigenvalue weighted by molar-refractivity contribution is 7.89. The van der Waals surface area contributed by atoms with E-state index in [1.807, 2.05) is 0 Å². The summed E-state index contributed by atoms with van der Waals surface area (Å²) in [6.45, 7) is 2.49. The number of hydrogen-bond donors (Lipinski definition) is 0. The number of carbonyl (C=O) groups excluding carboxylic acids is 2. The number of furan rings is 1. The molecule has 3 heterocycles. The maximum atomic E-state index is 14.3. The van der Waals surface area contributed by atoms with Gasteiger partial charge in [0.1, 0.15) is 17.1 Å². The molecule has 0 bridgehead atoms. The number of thiazole rings is 1. The normalized spacial score (nSPS) is 14.4. The fourth-order valence-electron chi connectivity index (χ4n) is 4.25. The monoisotopic (exact) mass is 590 g/mol. The van der Waals surface area contributed by atoms with E-state index in [2.05, 4.69) is 4.98 Å². The fraction of sp³-hybridized carbons (Fsp3) is 0.269. The van der Waals surface area contributed by atoms with Gasteiger partial charge in [-0.2, -0.15) is 4.31 Å². The van der Waals surface area contributed by atoms with Crippen LogP contribution in [0.25, 0.3) is 10.2 Å². The van der Waals surface area contributed by atoms with E-state index >= 15 is 0 Å². The Morgan fingerprint density at radius 1 is 1.10 bits per heavy atom. The molecule has 0 aliphatic carbocycles. The molecule has 0 spiro atoms. The molecule has 0 saturated carbocycles. The zero-order valence-corrected chi connectivity index (χ0v) is 22.9. The summed E-state index contributed by atoms with van der Waals surface area (Å²) in [5.41, 5.74) is 0.0895. The highest BCUT2D eigenvalue weighted by Gasteiger charge is 2.31. The second-order valence-electron chi connectivity index (χ2n) is 8.82. The van der Waals surface area contributed by atoms with Crippen LogP contribution < -0.4 is 4.90 Å². The van der Waals surface area contributed by atoms with Gasteiger partial charge >= 0.3 is 6.09 Å². The minimum atomic E-state index is -3.88. The predicted octanol–water partition coefficient (Wildman–Crippen LogP) is 4.48. The van der Waals surface area contributed by atoms with Crippen molar-refractivity contribution in [2.45, 2.75) is 18.4 Å². The molecule has 1 saturated heterocycles. The van der Waals surface area contributed by atoms with Gasteiger partial charge in [-0.3, -0.25) is 9.69 Å². The molecule has 2 aromatic heterocycles. The minimum Gasteiger partial charge on any atom is -0.467 e. The van der Waals surface area contributed by atoms with Crippen molar-refractivity contribution in [2.24, 2.45) is 0 Å². The lowest BCUT2D eigenvalue weighted by Crippen LogP contribution is -2.50. The topological polar surface area (TPSA) is 113 Å². The summed E-state index contributed by atoms with van der Waals surface area (Å²) in [6, 6.07) is 10.6. The Balaban J connectivity index is 1.38. The van der Waals surface area contributed by atoms with Crippen LogP contribution in [-0.2, 0) is 21.3 Å². The molecule has 1 fully saturated rings. The van der Waals surface area contributed by atoms with Gasteiger partial charge in [-0.1, -0.05) is 11.3 Å². The molecule has 1 aliphatic rings. The van der Waals surface area contributed by atoms with E-state index in [0.29, 0.717) is 5.76 Å². The summed E-state index contributed by atoms with van der Waals surface area (Å²) in [6.07, 6.45) is 0.958. The first-order valence-corrected chi connectivity index (χ1v) is 14.5. The van der Waals surface area contributed by atoms with Crippen molar-refractivity contribution in [1.29, 1.82) is 0 Å². The first-order valence-electron chi connectivity index (χ1n) is 12.3. The number of nitrogens with zero attached hydrogens (tertiary/aromatic N) is 4. The SMILES string of the molecule is CCOC(=O)N1CCN(S(=O)(=O)c2ccc(C(=O)N(Cc3ccco3)c3nc4c(F)cc(F)cc4s3)cc2)CC1. The van der Waals surface area contributed by atoms with E-state index in [1.54, 1.807) is 19.1 Å². The number of rotatable bonds is 7. The number of piperazine rings is 1. The molecule has 0 unspecified atom stereocenters. The van der Waals surface area contributed by atoms with E-state index < -0.39 is 33.7 Å². The lowest BCUT2D eigenvalue weighted by molar-refractivity contribution is 0.0933. The molecule has 5 rings (SSSR count). The Hall–Kier alpha value is -3.88. The summed E-state index contributed by atoms with van der Waals surface area (Å²) in [4.78, 5) is 32.4. The van der Waals surface area contributed by atoms with Gasteiger partial charge in [-0.15, -0.1) is 0 Å². The third-order valence-electron chi connectivity index (χ3n) is 6.28. The van der Waals surface area contributed by atoms with E-state index in [0.717, 1.165) is 23.5 Å². The van der Waals surface area contributed by atoms with Crippen LogP contribution in [0.4, 0.5) is 18.7 Å². The van der Waals surface area contributed by atoms with Crippen molar-refractivity contribution < 1.29 is 35.9 Å². The van der Waals surface area contributed by atoms with Gasteiger partial charge in [0, 0.05) is 37.8 Å². The maximum Gasteiger partial charge on any atom is 0.409 e. The quantitative estimate of drug-likeness (QED) is 0.312. The molecule has 0 radical (unpaired) electrons. The molecular formula is C26H24F2N4O6S2. The second-order valence-corrected chi connectivity index (χ2v) is 11.8. The van der Waals surface area contributed by atoms with Crippen LogP contribution in [-0.4, -0.2) is 67.4 Å². The van der Waals surface area contributed by atoms with E-state index in [9.17, 15) is 26.8 Å². The highest BCUT2D eigenvalue weighted by Crippen LogP contribution is 2.33. The maximum absolute atomic E-state index is 14.3. The third-order valence-corrected chi connectivity index (χ3v) is 9.21. The number of benzene rings is 2. The largest absolute Gasteiger partial charge is 0.467 e. The molecule has 2 amide bonds. The molecule has 0 N–H and O–H groups in total.